The van der Waals surface area contributed by atoms with Gasteiger partial charge in [0.25, 0.3) is 0 Å². The highest BCUT2D eigenvalue weighted by Crippen LogP contribution is 2.22. The van der Waals surface area contributed by atoms with Crippen LogP contribution < -0.4 is 0 Å². The molecule has 0 amide bonds. The van der Waals surface area contributed by atoms with Crippen LogP contribution in [0.2, 0.25) is 0 Å². The zero-order valence-corrected chi connectivity index (χ0v) is 9.12. The normalized spacial score (nSPS) is 12.3. The molecule has 1 aromatic carbocycles. The largest absolute Gasteiger partial charge is 0.392 e. The number of benzene rings is 1. The Labute approximate surface area is 86.1 Å². The lowest BCUT2D eigenvalue weighted by Gasteiger charge is -2.18. The molecular formula is C13H18O. The maximum Gasteiger partial charge on any atom is 0.0615 e. The fourth-order valence-electron chi connectivity index (χ4n) is 1.28. The van der Waals surface area contributed by atoms with E-state index in [-0.39, 0.29) is 12.0 Å². The zero-order valence-electron chi connectivity index (χ0n) is 9.12. The summed E-state index contributed by atoms with van der Waals surface area (Å²) in [6.07, 6.45) is 3.67. The van der Waals surface area contributed by atoms with Crippen LogP contribution in [0.1, 0.15) is 31.9 Å². The molecule has 0 spiro atoms. The SMILES string of the molecule is CC(C)(C)c1ccc(C=CCO)cc1. The monoisotopic (exact) mass is 190 g/mol. The van der Waals surface area contributed by atoms with Gasteiger partial charge < -0.3 is 5.11 Å². The highest BCUT2D eigenvalue weighted by molar-refractivity contribution is 5.50. The van der Waals surface area contributed by atoms with Crippen LogP contribution >= 0.6 is 0 Å². The molecule has 0 saturated carbocycles. The van der Waals surface area contributed by atoms with Crippen LogP contribution in [0.15, 0.2) is 30.3 Å². The fourth-order valence-corrected chi connectivity index (χ4v) is 1.28. The summed E-state index contributed by atoms with van der Waals surface area (Å²) in [5.41, 5.74) is 2.67. The van der Waals surface area contributed by atoms with E-state index in [9.17, 15) is 0 Å². The molecule has 76 valence electrons. The molecule has 0 atom stereocenters. The second-order valence-electron chi connectivity index (χ2n) is 4.46. The molecule has 1 aromatic rings. The molecule has 0 aliphatic heterocycles. The molecule has 0 saturated heterocycles. The molecule has 1 rings (SSSR count). The van der Waals surface area contributed by atoms with E-state index in [2.05, 4.69) is 45.0 Å². The minimum atomic E-state index is 0.0982. The molecule has 0 aliphatic rings. The molecular weight excluding hydrogens is 172 g/mol. The number of hydrogen-bond acceptors (Lipinski definition) is 1. The highest BCUT2D eigenvalue weighted by Gasteiger charge is 2.12. The van der Waals surface area contributed by atoms with Crippen molar-refractivity contribution in [3.63, 3.8) is 0 Å². The standard InChI is InChI=1S/C13H18O/c1-13(2,3)12-8-6-11(7-9-12)5-4-10-14/h4-9,14H,10H2,1-3H3. The molecule has 0 aliphatic carbocycles. The van der Waals surface area contributed by atoms with E-state index in [4.69, 9.17) is 5.11 Å². The van der Waals surface area contributed by atoms with Crippen molar-refractivity contribution in [1.82, 2.24) is 0 Å². The average Bonchev–Trinajstić information content (AvgIpc) is 2.14. The zero-order chi connectivity index (χ0) is 10.6. The summed E-state index contributed by atoms with van der Waals surface area (Å²) in [5, 5.41) is 8.62. The van der Waals surface area contributed by atoms with Gasteiger partial charge in [0, 0.05) is 0 Å². The molecule has 1 nitrogen and oxygen atoms in total. The van der Waals surface area contributed by atoms with Crippen LogP contribution in [0.5, 0.6) is 0 Å². The summed E-state index contributed by atoms with van der Waals surface area (Å²) >= 11 is 0. The van der Waals surface area contributed by atoms with Gasteiger partial charge in [-0.05, 0) is 16.5 Å². The van der Waals surface area contributed by atoms with Crippen molar-refractivity contribution in [2.24, 2.45) is 0 Å². The van der Waals surface area contributed by atoms with Gasteiger partial charge in [-0.1, -0.05) is 57.2 Å². The Morgan fingerprint density at radius 3 is 2.14 bits per heavy atom. The Morgan fingerprint density at radius 1 is 1.14 bits per heavy atom. The van der Waals surface area contributed by atoms with Gasteiger partial charge in [-0.15, -0.1) is 0 Å². The summed E-state index contributed by atoms with van der Waals surface area (Å²) in [6, 6.07) is 8.42. The van der Waals surface area contributed by atoms with Crippen LogP contribution in [0.3, 0.4) is 0 Å². The summed E-state index contributed by atoms with van der Waals surface area (Å²) < 4.78 is 0. The molecule has 0 bridgehead atoms. The number of aliphatic hydroxyl groups is 1. The topological polar surface area (TPSA) is 20.2 Å². The Hall–Kier alpha value is -1.08. The van der Waals surface area contributed by atoms with E-state index >= 15 is 0 Å². The van der Waals surface area contributed by atoms with Crippen LogP contribution in [-0.2, 0) is 5.41 Å². The van der Waals surface area contributed by atoms with Crippen LogP contribution in [-0.4, -0.2) is 11.7 Å². The number of hydrogen-bond donors (Lipinski definition) is 1. The smallest absolute Gasteiger partial charge is 0.0615 e. The molecule has 0 heterocycles. The molecule has 0 radical (unpaired) electrons. The van der Waals surface area contributed by atoms with E-state index in [1.54, 1.807) is 6.08 Å². The predicted molar refractivity (Wildman–Crippen MR) is 61.3 cm³/mol. The quantitative estimate of drug-likeness (QED) is 0.760. The van der Waals surface area contributed by atoms with Crippen molar-refractivity contribution in [1.29, 1.82) is 0 Å². The second-order valence-corrected chi connectivity index (χ2v) is 4.46. The lowest BCUT2D eigenvalue weighted by atomic mass is 9.87. The minimum absolute atomic E-state index is 0.0982. The van der Waals surface area contributed by atoms with E-state index in [1.165, 1.54) is 5.56 Å². The van der Waals surface area contributed by atoms with Crippen molar-refractivity contribution < 1.29 is 5.11 Å². The molecule has 1 heteroatoms. The van der Waals surface area contributed by atoms with Gasteiger partial charge in [0.15, 0.2) is 0 Å². The number of rotatable bonds is 2. The van der Waals surface area contributed by atoms with E-state index < -0.39 is 0 Å². The molecule has 1 N–H and O–H groups in total. The first kappa shape index (κ1) is 11.0. The fraction of sp³-hybridized carbons (Fsp3) is 0.385. The maximum atomic E-state index is 8.62. The van der Waals surface area contributed by atoms with Crippen molar-refractivity contribution in [2.75, 3.05) is 6.61 Å². The van der Waals surface area contributed by atoms with Crippen LogP contribution in [0, 0.1) is 0 Å². The van der Waals surface area contributed by atoms with E-state index in [0.717, 1.165) is 5.56 Å². The van der Waals surface area contributed by atoms with Gasteiger partial charge in [0.1, 0.15) is 0 Å². The first-order valence-corrected chi connectivity index (χ1v) is 4.92. The Kier molecular flexibility index (Phi) is 3.48. The first-order valence-electron chi connectivity index (χ1n) is 4.92. The van der Waals surface area contributed by atoms with Gasteiger partial charge in [-0.3, -0.25) is 0 Å². The van der Waals surface area contributed by atoms with Gasteiger partial charge in [-0.25, -0.2) is 0 Å². The van der Waals surface area contributed by atoms with Crippen molar-refractivity contribution in [2.45, 2.75) is 26.2 Å². The Balaban J connectivity index is 2.84. The second kappa shape index (κ2) is 4.43. The third kappa shape index (κ3) is 3.00. The van der Waals surface area contributed by atoms with Crippen molar-refractivity contribution in [3.05, 3.63) is 41.5 Å². The minimum Gasteiger partial charge on any atom is -0.392 e. The van der Waals surface area contributed by atoms with Gasteiger partial charge in [-0.2, -0.15) is 0 Å². The maximum absolute atomic E-state index is 8.62. The lowest BCUT2D eigenvalue weighted by Crippen LogP contribution is -2.10. The third-order valence-electron chi connectivity index (χ3n) is 2.19. The van der Waals surface area contributed by atoms with E-state index in [0.29, 0.717) is 0 Å². The predicted octanol–water partition coefficient (Wildman–Crippen LogP) is 2.99. The van der Waals surface area contributed by atoms with Crippen LogP contribution in [0.4, 0.5) is 0 Å². The summed E-state index contributed by atoms with van der Waals surface area (Å²) in [7, 11) is 0. The van der Waals surface area contributed by atoms with E-state index in [1.807, 2.05) is 6.08 Å². The van der Waals surface area contributed by atoms with Gasteiger partial charge in [0.2, 0.25) is 0 Å². The summed E-state index contributed by atoms with van der Waals surface area (Å²) in [6.45, 7) is 6.70. The third-order valence-corrected chi connectivity index (χ3v) is 2.19. The van der Waals surface area contributed by atoms with Crippen molar-refractivity contribution >= 4 is 6.08 Å². The van der Waals surface area contributed by atoms with Gasteiger partial charge >= 0.3 is 0 Å². The molecule has 0 fully saturated rings. The summed E-state index contributed by atoms with van der Waals surface area (Å²) in [5.74, 6) is 0. The molecule has 0 unspecified atom stereocenters. The van der Waals surface area contributed by atoms with Crippen LogP contribution in [0.25, 0.3) is 6.08 Å². The van der Waals surface area contributed by atoms with Gasteiger partial charge in [0.05, 0.1) is 6.61 Å². The average molecular weight is 190 g/mol. The van der Waals surface area contributed by atoms with Crippen molar-refractivity contribution in [3.8, 4) is 0 Å². The number of aliphatic hydroxyl groups excluding tert-OH is 1. The highest BCUT2D eigenvalue weighted by atomic mass is 16.2. The Morgan fingerprint density at radius 2 is 1.71 bits per heavy atom. The lowest BCUT2D eigenvalue weighted by molar-refractivity contribution is 0.343. The molecule has 0 aromatic heterocycles. The Bertz CT molecular complexity index is 301. The molecule has 14 heavy (non-hydrogen) atoms. The summed E-state index contributed by atoms with van der Waals surface area (Å²) in [4.78, 5) is 0. The first-order chi connectivity index (χ1) is 6.54.